The van der Waals surface area contributed by atoms with E-state index in [-0.39, 0.29) is 4.90 Å². The molecule has 0 heterocycles. The molecule has 2 aromatic carbocycles. The smallest absolute Gasteiger partial charge is 0.261 e. The van der Waals surface area contributed by atoms with Gasteiger partial charge in [-0.25, -0.2) is 8.42 Å². The first-order chi connectivity index (χ1) is 14.1. The molecule has 0 saturated heterocycles. The summed E-state index contributed by atoms with van der Waals surface area (Å²) in [5.74, 6) is 0.708. The van der Waals surface area contributed by atoms with Gasteiger partial charge in [0.1, 0.15) is 5.75 Å². The number of para-hydroxylation sites is 1. The van der Waals surface area contributed by atoms with Crippen LogP contribution in [0.3, 0.4) is 0 Å². The van der Waals surface area contributed by atoms with Crippen LogP contribution in [0.1, 0.15) is 71.1 Å². The highest BCUT2D eigenvalue weighted by atomic mass is 32.2. The molecule has 0 bridgehead atoms. The van der Waals surface area contributed by atoms with Crippen molar-refractivity contribution in [2.24, 2.45) is 0 Å². The first-order valence-electron chi connectivity index (χ1n) is 10.9. The maximum Gasteiger partial charge on any atom is 0.261 e. The van der Waals surface area contributed by atoms with Crippen molar-refractivity contribution < 1.29 is 13.2 Å². The highest BCUT2D eigenvalue weighted by Gasteiger charge is 2.13. The first kappa shape index (κ1) is 23.3. The largest absolute Gasteiger partial charge is 0.494 e. The molecule has 0 aliphatic carbocycles. The monoisotopic (exact) mass is 417 g/mol. The normalized spacial score (nSPS) is 11.3. The maximum atomic E-state index is 12.4. The highest BCUT2D eigenvalue weighted by molar-refractivity contribution is 7.92. The minimum absolute atomic E-state index is 0.229. The number of sulfonamides is 1. The van der Waals surface area contributed by atoms with Crippen molar-refractivity contribution in [2.75, 3.05) is 11.3 Å². The second-order valence-corrected chi connectivity index (χ2v) is 9.16. The van der Waals surface area contributed by atoms with Crippen LogP contribution in [0.2, 0.25) is 0 Å². The fourth-order valence-corrected chi connectivity index (χ4v) is 4.27. The summed E-state index contributed by atoms with van der Waals surface area (Å²) in [6.07, 6.45) is 12.9. The Morgan fingerprint density at radius 2 is 1.28 bits per heavy atom. The Labute approximate surface area is 176 Å². The summed E-state index contributed by atoms with van der Waals surface area (Å²) in [4.78, 5) is 0.229. The lowest BCUT2D eigenvalue weighted by atomic mass is 10.1. The van der Waals surface area contributed by atoms with Crippen molar-refractivity contribution in [1.82, 2.24) is 0 Å². The predicted molar refractivity (Wildman–Crippen MR) is 121 cm³/mol. The van der Waals surface area contributed by atoms with Crippen molar-refractivity contribution in [3.05, 3.63) is 54.6 Å². The minimum Gasteiger partial charge on any atom is -0.494 e. The molecule has 1 N–H and O–H groups in total. The van der Waals surface area contributed by atoms with Crippen LogP contribution in [-0.2, 0) is 10.0 Å². The van der Waals surface area contributed by atoms with E-state index in [4.69, 9.17) is 4.74 Å². The van der Waals surface area contributed by atoms with Crippen LogP contribution in [0.25, 0.3) is 0 Å². The van der Waals surface area contributed by atoms with Gasteiger partial charge in [0.15, 0.2) is 0 Å². The van der Waals surface area contributed by atoms with E-state index in [0.717, 1.165) is 6.42 Å². The summed E-state index contributed by atoms with van der Waals surface area (Å²) in [5.41, 5.74) is 0.550. The van der Waals surface area contributed by atoms with Crippen LogP contribution < -0.4 is 9.46 Å². The number of ether oxygens (including phenoxy) is 1. The SMILES string of the molecule is CCCCCCCCCCCCOc1ccc(S(=O)(=O)Nc2ccccc2)cc1. The van der Waals surface area contributed by atoms with Gasteiger partial charge in [0.05, 0.1) is 11.5 Å². The first-order valence-corrected chi connectivity index (χ1v) is 12.4. The Balaban J connectivity index is 1.61. The third kappa shape index (κ3) is 9.35. The van der Waals surface area contributed by atoms with E-state index in [9.17, 15) is 8.42 Å². The fraction of sp³-hybridized carbons (Fsp3) is 0.500. The molecule has 0 saturated carbocycles. The molecule has 0 atom stereocenters. The standard InChI is InChI=1S/C24H35NO3S/c1-2-3-4-5-6-7-8-9-10-14-21-28-23-17-19-24(20-18-23)29(26,27)25-22-15-12-11-13-16-22/h11-13,15-20,25H,2-10,14,21H2,1H3. The number of anilines is 1. The van der Waals surface area contributed by atoms with Crippen molar-refractivity contribution in [3.8, 4) is 5.75 Å². The van der Waals surface area contributed by atoms with Crippen LogP contribution >= 0.6 is 0 Å². The fourth-order valence-electron chi connectivity index (χ4n) is 3.21. The summed E-state index contributed by atoms with van der Waals surface area (Å²) >= 11 is 0. The second kappa shape index (κ2) is 13.3. The zero-order chi connectivity index (χ0) is 20.8. The van der Waals surface area contributed by atoms with E-state index in [1.165, 1.54) is 57.8 Å². The number of hydrogen-bond donors (Lipinski definition) is 1. The molecule has 160 valence electrons. The number of benzene rings is 2. The van der Waals surface area contributed by atoms with Gasteiger partial charge in [0.25, 0.3) is 10.0 Å². The Bertz CT molecular complexity index is 774. The molecule has 5 heteroatoms. The maximum absolute atomic E-state index is 12.4. The number of hydrogen-bond acceptors (Lipinski definition) is 3. The summed E-state index contributed by atoms with van der Waals surface area (Å²) in [5, 5.41) is 0. The molecule has 2 aromatic rings. The molecule has 0 radical (unpaired) electrons. The molecule has 0 spiro atoms. The van der Waals surface area contributed by atoms with Gasteiger partial charge in [-0.3, -0.25) is 4.72 Å². The lowest BCUT2D eigenvalue weighted by molar-refractivity contribution is 0.304. The third-order valence-electron chi connectivity index (χ3n) is 4.93. The van der Waals surface area contributed by atoms with Crippen molar-refractivity contribution in [1.29, 1.82) is 0 Å². The average Bonchev–Trinajstić information content (AvgIpc) is 2.73. The van der Waals surface area contributed by atoms with Gasteiger partial charge in [0, 0.05) is 5.69 Å². The summed E-state index contributed by atoms with van der Waals surface area (Å²) in [6.45, 7) is 2.92. The highest BCUT2D eigenvalue weighted by Crippen LogP contribution is 2.19. The van der Waals surface area contributed by atoms with Gasteiger partial charge >= 0.3 is 0 Å². The topological polar surface area (TPSA) is 55.4 Å². The molecule has 2 rings (SSSR count). The molecule has 0 aliphatic rings. The van der Waals surface area contributed by atoms with Crippen molar-refractivity contribution in [2.45, 2.75) is 76.0 Å². The molecule has 29 heavy (non-hydrogen) atoms. The van der Waals surface area contributed by atoms with Gasteiger partial charge < -0.3 is 4.74 Å². The van der Waals surface area contributed by atoms with Crippen LogP contribution in [0.15, 0.2) is 59.5 Å². The van der Waals surface area contributed by atoms with Crippen molar-refractivity contribution >= 4 is 15.7 Å². The van der Waals surface area contributed by atoms with Gasteiger partial charge in [-0.1, -0.05) is 82.9 Å². The summed E-state index contributed by atoms with van der Waals surface area (Å²) < 4.78 is 33.2. The Kier molecular flexibility index (Phi) is 10.6. The van der Waals surface area contributed by atoms with Crippen LogP contribution in [-0.4, -0.2) is 15.0 Å². The Morgan fingerprint density at radius 1 is 0.724 bits per heavy atom. The lowest BCUT2D eigenvalue weighted by Gasteiger charge is -2.10. The van der Waals surface area contributed by atoms with Gasteiger partial charge in [-0.05, 0) is 42.8 Å². The van der Waals surface area contributed by atoms with Gasteiger partial charge in [-0.15, -0.1) is 0 Å². The molecule has 0 aromatic heterocycles. The van der Waals surface area contributed by atoms with E-state index < -0.39 is 10.0 Å². The van der Waals surface area contributed by atoms with Gasteiger partial charge in [0.2, 0.25) is 0 Å². The second-order valence-electron chi connectivity index (χ2n) is 7.47. The third-order valence-corrected chi connectivity index (χ3v) is 6.32. The Morgan fingerprint density at radius 3 is 1.86 bits per heavy atom. The van der Waals surface area contributed by atoms with Gasteiger partial charge in [-0.2, -0.15) is 0 Å². The molecular weight excluding hydrogens is 382 g/mol. The molecule has 0 aliphatic heterocycles. The number of rotatable bonds is 15. The summed E-state index contributed by atoms with van der Waals surface area (Å²) in [6, 6.07) is 15.5. The molecule has 0 unspecified atom stereocenters. The van der Waals surface area contributed by atoms with E-state index in [2.05, 4.69) is 11.6 Å². The Hall–Kier alpha value is -2.01. The zero-order valence-corrected chi connectivity index (χ0v) is 18.4. The van der Waals surface area contributed by atoms with Crippen LogP contribution in [0.5, 0.6) is 5.75 Å². The van der Waals surface area contributed by atoms with E-state index in [1.54, 1.807) is 48.5 Å². The molecule has 0 amide bonds. The molecule has 0 fully saturated rings. The van der Waals surface area contributed by atoms with Crippen molar-refractivity contribution in [3.63, 3.8) is 0 Å². The zero-order valence-electron chi connectivity index (χ0n) is 17.6. The van der Waals surface area contributed by atoms with E-state index in [1.807, 2.05) is 6.07 Å². The molecule has 4 nitrogen and oxygen atoms in total. The minimum atomic E-state index is -3.58. The van der Waals surface area contributed by atoms with Crippen LogP contribution in [0, 0.1) is 0 Å². The average molecular weight is 418 g/mol. The predicted octanol–water partition coefficient (Wildman–Crippen LogP) is 6.79. The molecular formula is C24H35NO3S. The van der Waals surface area contributed by atoms with E-state index >= 15 is 0 Å². The quantitative estimate of drug-likeness (QED) is 0.325. The van der Waals surface area contributed by atoms with E-state index in [0.29, 0.717) is 18.0 Å². The van der Waals surface area contributed by atoms with Crippen LogP contribution in [0.4, 0.5) is 5.69 Å². The lowest BCUT2D eigenvalue weighted by Crippen LogP contribution is -2.12. The number of nitrogens with one attached hydrogen (secondary N) is 1. The number of unbranched alkanes of at least 4 members (excludes halogenated alkanes) is 9. The summed E-state index contributed by atoms with van der Waals surface area (Å²) in [7, 11) is -3.58.